The summed E-state index contributed by atoms with van der Waals surface area (Å²) >= 11 is 0. The Balaban J connectivity index is 2.21. The second kappa shape index (κ2) is 5.74. The Hall–Kier alpha value is -2.03. The van der Waals surface area contributed by atoms with Crippen LogP contribution in [0.1, 0.15) is 19.5 Å². The number of anilines is 1. The Morgan fingerprint density at radius 3 is 2.47 bits per heavy atom. The molecule has 1 heterocycles. The van der Waals surface area contributed by atoms with Gasteiger partial charge in [-0.1, -0.05) is 26.0 Å². The standard InChI is InChI=1S/C16H20N2O/c1-11(2)10-19-16-7-6-13(8-15(16)17)14-5-4-12(3)18-9-14/h4-9,11H,10,17H2,1-3H3. The Labute approximate surface area is 114 Å². The van der Waals surface area contributed by atoms with Crippen molar-refractivity contribution in [3.63, 3.8) is 0 Å². The molecule has 0 radical (unpaired) electrons. The third-order valence-electron chi connectivity index (χ3n) is 2.83. The molecule has 0 saturated carbocycles. The van der Waals surface area contributed by atoms with Crippen LogP contribution in [-0.4, -0.2) is 11.6 Å². The van der Waals surface area contributed by atoms with Crippen LogP contribution >= 0.6 is 0 Å². The number of pyridine rings is 1. The van der Waals surface area contributed by atoms with Crippen LogP contribution in [0.2, 0.25) is 0 Å². The Kier molecular flexibility index (Phi) is 4.05. The van der Waals surface area contributed by atoms with E-state index in [1.165, 1.54) is 0 Å². The molecule has 0 aliphatic rings. The second-order valence-corrected chi connectivity index (χ2v) is 5.15. The summed E-state index contributed by atoms with van der Waals surface area (Å²) < 4.78 is 5.67. The van der Waals surface area contributed by atoms with Crippen molar-refractivity contribution in [2.45, 2.75) is 20.8 Å². The van der Waals surface area contributed by atoms with Gasteiger partial charge in [-0.25, -0.2) is 0 Å². The van der Waals surface area contributed by atoms with Crippen molar-refractivity contribution in [3.8, 4) is 16.9 Å². The molecule has 2 N–H and O–H groups in total. The number of benzene rings is 1. The molecule has 0 unspecified atom stereocenters. The molecule has 2 rings (SSSR count). The molecule has 0 amide bonds. The zero-order valence-electron chi connectivity index (χ0n) is 11.7. The van der Waals surface area contributed by atoms with Crippen molar-refractivity contribution < 1.29 is 4.74 Å². The maximum absolute atomic E-state index is 6.03. The normalized spacial score (nSPS) is 10.7. The van der Waals surface area contributed by atoms with Gasteiger partial charge in [0.05, 0.1) is 12.3 Å². The molecule has 100 valence electrons. The number of hydrogen-bond acceptors (Lipinski definition) is 3. The minimum atomic E-state index is 0.486. The van der Waals surface area contributed by atoms with Crippen LogP contribution in [0.25, 0.3) is 11.1 Å². The lowest BCUT2D eigenvalue weighted by Crippen LogP contribution is -2.06. The summed E-state index contributed by atoms with van der Waals surface area (Å²) in [4.78, 5) is 4.30. The lowest BCUT2D eigenvalue weighted by Gasteiger charge is -2.12. The number of nitrogen functional groups attached to an aromatic ring is 1. The minimum Gasteiger partial charge on any atom is -0.491 e. The predicted octanol–water partition coefficient (Wildman–Crippen LogP) is 3.67. The van der Waals surface area contributed by atoms with Gasteiger partial charge in [0.2, 0.25) is 0 Å². The van der Waals surface area contributed by atoms with Gasteiger partial charge in [0.15, 0.2) is 0 Å². The van der Waals surface area contributed by atoms with Crippen LogP contribution in [0.4, 0.5) is 5.69 Å². The van der Waals surface area contributed by atoms with Gasteiger partial charge in [0.25, 0.3) is 0 Å². The van der Waals surface area contributed by atoms with E-state index >= 15 is 0 Å². The summed E-state index contributed by atoms with van der Waals surface area (Å²) in [6.45, 7) is 6.88. The number of nitrogens with two attached hydrogens (primary N) is 1. The van der Waals surface area contributed by atoms with E-state index in [4.69, 9.17) is 10.5 Å². The van der Waals surface area contributed by atoms with Crippen LogP contribution < -0.4 is 10.5 Å². The molecule has 0 atom stereocenters. The highest BCUT2D eigenvalue weighted by Gasteiger charge is 2.05. The van der Waals surface area contributed by atoms with Crippen LogP contribution in [0.15, 0.2) is 36.5 Å². The van der Waals surface area contributed by atoms with E-state index in [2.05, 4.69) is 18.8 Å². The van der Waals surface area contributed by atoms with E-state index in [-0.39, 0.29) is 0 Å². The monoisotopic (exact) mass is 256 g/mol. The highest BCUT2D eigenvalue weighted by Crippen LogP contribution is 2.28. The fourth-order valence-corrected chi connectivity index (χ4v) is 1.75. The molecule has 1 aromatic carbocycles. The third kappa shape index (κ3) is 3.47. The van der Waals surface area contributed by atoms with Gasteiger partial charge in [-0.15, -0.1) is 0 Å². The molecule has 1 aromatic heterocycles. The maximum atomic E-state index is 6.03. The summed E-state index contributed by atoms with van der Waals surface area (Å²) in [5.74, 6) is 1.23. The zero-order chi connectivity index (χ0) is 13.8. The van der Waals surface area contributed by atoms with Crippen LogP contribution in [0.3, 0.4) is 0 Å². The number of aryl methyl sites for hydroxylation is 1. The largest absolute Gasteiger partial charge is 0.491 e. The van der Waals surface area contributed by atoms with Crippen molar-refractivity contribution in [3.05, 3.63) is 42.2 Å². The van der Waals surface area contributed by atoms with E-state index in [1.54, 1.807) is 0 Å². The quantitative estimate of drug-likeness (QED) is 0.849. The van der Waals surface area contributed by atoms with Gasteiger partial charge in [0, 0.05) is 17.5 Å². The molecular formula is C16H20N2O. The number of rotatable bonds is 4. The molecule has 3 heteroatoms. The van der Waals surface area contributed by atoms with Gasteiger partial charge < -0.3 is 10.5 Å². The number of ether oxygens (including phenoxy) is 1. The van der Waals surface area contributed by atoms with Crippen molar-refractivity contribution >= 4 is 5.69 Å². The molecule has 2 aromatic rings. The first-order valence-electron chi connectivity index (χ1n) is 6.51. The molecule has 0 aliphatic carbocycles. The molecule has 0 fully saturated rings. The summed E-state index contributed by atoms with van der Waals surface area (Å²) in [7, 11) is 0. The van der Waals surface area contributed by atoms with Gasteiger partial charge in [-0.3, -0.25) is 4.98 Å². The first-order valence-corrected chi connectivity index (χ1v) is 6.51. The SMILES string of the molecule is Cc1ccc(-c2ccc(OCC(C)C)c(N)c2)cn1. The zero-order valence-corrected chi connectivity index (χ0v) is 11.7. The first-order chi connectivity index (χ1) is 9.06. The van der Waals surface area contributed by atoms with E-state index in [1.807, 2.05) is 43.5 Å². The molecule has 3 nitrogen and oxygen atoms in total. The fourth-order valence-electron chi connectivity index (χ4n) is 1.75. The molecular weight excluding hydrogens is 236 g/mol. The average Bonchev–Trinajstić information content (AvgIpc) is 2.38. The van der Waals surface area contributed by atoms with Crippen LogP contribution in [0.5, 0.6) is 5.75 Å². The highest BCUT2D eigenvalue weighted by atomic mass is 16.5. The fraction of sp³-hybridized carbons (Fsp3) is 0.312. The van der Waals surface area contributed by atoms with Gasteiger partial charge in [0.1, 0.15) is 5.75 Å². The number of aromatic nitrogens is 1. The summed E-state index contributed by atoms with van der Waals surface area (Å²) in [5.41, 5.74) is 9.82. The lowest BCUT2D eigenvalue weighted by molar-refractivity contribution is 0.272. The lowest BCUT2D eigenvalue weighted by atomic mass is 10.1. The first kappa shape index (κ1) is 13.4. The van der Waals surface area contributed by atoms with E-state index in [0.717, 1.165) is 22.6 Å². The average molecular weight is 256 g/mol. The van der Waals surface area contributed by atoms with Crippen molar-refractivity contribution in [2.75, 3.05) is 12.3 Å². The molecule has 0 saturated heterocycles. The van der Waals surface area contributed by atoms with E-state index in [0.29, 0.717) is 18.2 Å². The van der Waals surface area contributed by atoms with Crippen LogP contribution in [-0.2, 0) is 0 Å². The molecule has 0 bridgehead atoms. The molecule has 19 heavy (non-hydrogen) atoms. The maximum Gasteiger partial charge on any atom is 0.142 e. The molecule has 0 spiro atoms. The van der Waals surface area contributed by atoms with Crippen molar-refractivity contribution in [2.24, 2.45) is 5.92 Å². The van der Waals surface area contributed by atoms with Gasteiger partial charge in [-0.05, 0) is 36.6 Å². The minimum absolute atomic E-state index is 0.486. The Morgan fingerprint density at radius 1 is 1.16 bits per heavy atom. The number of hydrogen-bond donors (Lipinski definition) is 1. The van der Waals surface area contributed by atoms with Crippen LogP contribution in [0, 0.1) is 12.8 Å². The third-order valence-corrected chi connectivity index (χ3v) is 2.83. The number of nitrogens with zero attached hydrogens (tertiary/aromatic N) is 1. The van der Waals surface area contributed by atoms with Crippen molar-refractivity contribution in [1.82, 2.24) is 4.98 Å². The smallest absolute Gasteiger partial charge is 0.142 e. The van der Waals surface area contributed by atoms with Gasteiger partial charge in [-0.2, -0.15) is 0 Å². The Bertz CT molecular complexity index is 547. The highest BCUT2D eigenvalue weighted by molar-refractivity contribution is 5.70. The van der Waals surface area contributed by atoms with E-state index < -0.39 is 0 Å². The summed E-state index contributed by atoms with van der Waals surface area (Å²) in [6, 6.07) is 9.91. The summed E-state index contributed by atoms with van der Waals surface area (Å²) in [6.07, 6.45) is 1.86. The van der Waals surface area contributed by atoms with E-state index in [9.17, 15) is 0 Å². The Morgan fingerprint density at radius 2 is 1.89 bits per heavy atom. The van der Waals surface area contributed by atoms with Crippen molar-refractivity contribution in [1.29, 1.82) is 0 Å². The topological polar surface area (TPSA) is 48.1 Å². The van der Waals surface area contributed by atoms with Gasteiger partial charge >= 0.3 is 0 Å². The molecule has 0 aliphatic heterocycles. The second-order valence-electron chi connectivity index (χ2n) is 5.15. The summed E-state index contributed by atoms with van der Waals surface area (Å²) in [5, 5.41) is 0. The predicted molar refractivity (Wildman–Crippen MR) is 79.2 cm³/mol.